The Morgan fingerprint density at radius 1 is 0.427 bits per heavy atom. The molecule has 0 aliphatic carbocycles. The molecular formula is C60H106O15. The zero-order valence-corrected chi connectivity index (χ0v) is 46.5. The van der Waals surface area contributed by atoms with E-state index < -0.39 is 99.3 Å². The third-order valence-corrected chi connectivity index (χ3v) is 14.1. The van der Waals surface area contributed by atoms with E-state index in [2.05, 4.69) is 50.3 Å². The van der Waals surface area contributed by atoms with Crippen LogP contribution in [0.1, 0.15) is 226 Å². The van der Waals surface area contributed by atoms with Crippen molar-refractivity contribution in [1.82, 2.24) is 0 Å². The number of carbonyl (C=O) groups excluding carboxylic acids is 2. The van der Waals surface area contributed by atoms with Crippen LogP contribution in [0.4, 0.5) is 0 Å². The Labute approximate surface area is 452 Å². The number of aliphatic hydroxyl groups is 7. The van der Waals surface area contributed by atoms with Crippen molar-refractivity contribution >= 4 is 11.9 Å². The van der Waals surface area contributed by atoms with Gasteiger partial charge in [-0.3, -0.25) is 9.59 Å². The maximum atomic E-state index is 13.0. The number of unbranched alkanes of at least 4 members (excludes halogenated alkanes) is 25. The summed E-state index contributed by atoms with van der Waals surface area (Å²) in [6.07, 6.45) is 37.2. The second-order valence-electron chi connectivity index (χ2n) is 20.8. The van der Waals surface area contributed by atoms with Crippen LogP contribution < -0.4 is 0 Å². The first-order valence-electron chi connectivity index (χ1n) is 29.7. The highest BCUT2D eigenvalue weighted by molar-refractivity contribution is 5.70. The number of hydrogen-bond acceptors (Lipinski definition) is 15. The van der Waals surface area contributed by atoms with Crippen LogP contribution >= 0.6 is 0 Å². The van der Waals surface area contributed by atoms with Crippen LogP contribution in [-0.2, 0) is 38.0 Å². The number of aliphatic hydroxyl groups excluding tert-OH is 7. The summed E-state index contributed by atoms with van der Waals surface area (Å²) in [6.45, 7) is 2.54. The van der Waals surface area contributed by atoms with Gasteiger partial charge >= 0.3 is 11.9 Å². The Balaban J connectivity index is 1.75. The van der Waals surface area contributed by atoms with Crippen LogP contribution in [0.25, 0.3) is 0 Å². The van der Waals surface area contributed by atoms with Crippen LogP contribution in [0.2, 0.25) is 0 Å². The highest BCUT2D eigenvalue weighted by atomic mass is 16.7. The van der Waals surface area contributed by atoms with Crippen molar-refractivity contribution in [3.05, 3.63) is 48.6 Å². The molecule has 0 spiro atoms. The third-order valence-electron chi connectivity index (χ3n) is 14.1. The van der Waals surface area contributed by atoms with Crippen LogP contribution in [0.5, 0.6) is 0 Å². The van der Waals surface area contributed by atoms with E-state index in [-0.39, 0.29) is 19.4 Å². The topological polar surface area (TPSA) is 231 Å². The molecule has 0 bridgehead atoms. The molecule has 0 aromatic heterocycles. The molecule has 0 amide bonds. The molecule has 2 aliphatic rings. The molecule has 15 nitrogen and oxygen atoms in total. The molecule has 11 atom stereocenters. The summed E-state index contributed by atoms with van der Waals surface area (Å²) in [5, 5.41) is 72.3. The van der Waals surface area contributed by atoms with Gasteiger partial charge < -0.3 is 64.2 Å². The van der Waals surface area contributed by atoms with Crippen LogP contribution in [-0.4, -0.2) is 142 Å². The van der Waals surface area contributed by atoms with Gasteiger partial charge in [-0.05, 0) is 51.4 Å². The van der Waals surface area contributed by atoms with Gasteiger partial charge in [-0.1, -0.05) is 210 Å². The minimum absolute atomic E-state index is 0.0901. The smallest absolute Gasteiger partial charge is 0.306 e. The third kappa shape index (κ3) is 33.5. The highest BCUT2D eigenvalue weighted by Gasteiger charge is 2.47. The van der Waals surface area contributed by atoms with Gasteiger partial charge in [0.1, 0.15) is 55.4 Å². The average molecular weight is 1070 g/mol. The lowest BCUT2D eigenvalue weighted by atomic mass is 9.98. The minimum Gasteiger partial charge on any atom is -0.462 e. The Kier molecular flexibility index (Phi) is 42.4. The van der Waals surface area contributed by atoms with Crippen molar-refractivity contribution in [3.63, 3.8) is 0 Å². The number of ether oxygens (including phenoxy) is 6. The van der Waals surface area contributed by atoms with E-state index in [0.717, 1.165) is 44.9 Å². The van der Waals surface area contributed by atoms with Gasteiger partial charge in [0.05, 0.1) is 19.8 Å². The summed E-state index contributed by atoms with van der Waals surface area (Å²) < 4.78 is 33.6. The lowest BCUT2D eigenvalue weighted by Gasteiger charge is -2.42. The second-order valence-corrected chi connectivity index (χ2v) is 20.8. The van der Waals surface area contributed by atoms with Gasteiger partial charge in [-0.15, -0.1) is 0 Å². The minimum atomic E-state index is -1.78. The fourth-order valence-electron chi connectivity index (χ4n) is 9.21. The predicted octanol–water partition coefficient (Wildman–Crippen LogP) is 10.2. The second kappa shape index (κ2) is 46.4. The van der Waals surface area contributed by atoms with Crippen molar-refractivity contribution in [2.24, 2.45) is 0 Å². The molecule has 75 heavy (non-hydrogen) atoms. The van der Waals surface area contributed by atoms with Gasteiger partial charge in [0.2, 0.25) is 0 Å². The van der Waals surface area contributed by atoms with Gasteiger partial charge in [-0.2, -0.15) is 0 Å². The lowest BCUT2D eigenvalue weighted by Crippen LogP contribution is -2.61. The summed E-state index contributed by atoms with van der Waals surface area (Å²) in [5.41, 5.74) is 0. The van der Waals surface area contributed by atoms with Crippen LogP contribution in [0.15, 0.2) is 48.6 Å². The molecule has 4 unspecified atom stereocenters. The molecule has 7 N–H and O–H groups in total. The number of carbonyl (C=O) groups is 2. The Bertz CT molecular complexity index is 1490. The van der Waals surface area contributed by atoms with Crippen LogP contribution in [0.3, 0.4) is 0 Å². The number of allylic oxidation sites excluding steroid dienone is 8. The summed E-state index contributed by atoms with van der Waals surface area (Å²) in [5.74, 6) is -0.982. The maximum Gasteiger partial charge on any atom is 0.306 e. The number of esters is 2. The molecule has 2 aliphatic heterocycles. The SMILES string of the molecule is CCCCC/C=C/C/C=C/C/C=C/C/C=C/CCCC(=O)O[C@@H](COC(=O)CCCCCCCCCCCCCCCCCCCCCCCC)CO[C@@H]1O[C@H](CO[C@@H]2O[C@H](CO)[C@H](O)C(O)C2O)[C@H](O)C(O)C1O. The fourth-order valence-corrected chi connectivity index (χ4v) is 9.21. The maximum absolute atomic E-state index is 13.0. The quantitative estimate of drug-likeness (QED) is 0.0171. The molecule has 15 heteroatoms. The van der Waals surface area contributed by atoms with E-state index >= 15 is 0 Å². The summed E-state index contributed by atoms with van der Waals surface area (Å²) in [4.78, 5) is 25.9. The summed E-state index contributed by atoms with van der Waals surface area (Å²) in [6, 6.07) is 0. The first kappa shape index (κ1) is 68.6. The Morgan fingerprint density at radius 3 is 1.29 bits per heavy atom. The number of hydrogen-bond donors (Lipinski definition) is 7. The molecule has 436 valence electrons. The van der Waals surface area contributed by atoms with Crippen molar-refractivity contribution in [2.45, 2.75) is 293 Å². The monoisotopic (exact) mass is 1070 g/mol. The molecule has 0 aromatic rings. The zero-order valence-electron chi connectivity index (χ0n) is 46.5. The van der Waals surface area contributed by atoms with Crippen molar-refractivity contribution in [1.29, 1.82) is 0 Å². The average Bonchev–Trinajstić information content (AvgIpc) is 3.40. The van der Waals surface area contributed by atoms with E-state index in [0.29, 0.717) is 19.3 Å². The van der Waals surface area contributed by atoms with Crippen molar-refractivity contribution < 1.29 is 73.8 Å². The van der Waals surface area contributed by atoms with Crippen molar-refractivity contribution in [3.8, 4) is 0 Å². The molecular weight excluding hydrogens is 961 g/mol. The summed E-state index contributed by atoms with van der Waals surface area (Å²) in [7, 11) is 0. The van der Waals surface area contributed by atoms with Gasteiger partial charge in [-0.25, -0.2) is 0 Å². The van der Waals surface area contributed by atoms with Crippen LogP contribution in [0, 0.1) is 0 Å². The molecule has 0 saturated carbocycles. The molecule has 2 rings (SSSR count). The molecule has 2 fully saturated rings. The Morgan fingerprint density at radius 2 is 0.813 bits per heavy atom. The van der Waals surface area contributed by atoms with E-state index in [1.165, 1.54) is 135 Å². The highest BCUT2D eigenvalue weighted by Crippen LogP contribution is 2.27. The van der Waals surface area contributed by atoms with Gasteiger partial charge in [0.15, 0.2) is 18.7 Å². The zero-order chi connectivity index (χ0) is 54.6. The van der Waals surface area contributed by atoms with Crippen molar-refractivity contribution in [2.75, 3.05) is 26.4 Å². The molecule has 2 saturated heterocycles. The predicted molar refractivity (Wildman–Crippen MR) is 293 cm³/mol. The molecule has 0 aromatic carbocycles. The first-order chi connectivity index (χ1) is 36.5. The normalized spacial score (nSPS) is 24.8. The van der Waals surface area contributed by atoms with Gasteiger partial charge in [0.25, 0.3) is 0 Å². The van der Waals surface area contributed by atoms with E-state index in [4.69, 9.17) is 28.4 Å². The lowest BCUT2D eigenvalue weighted by molar-refractivity contribution is -0.332. The standard InChI is InChI=1S/C60H106O15/c1-3-5-7-9-11-13-15-17-19-21-22-23-24-25-27-28-30-32-34-36-38-40-42-51(62)70-45-48(73-52(63)43-41-39-37-35-33-31-29-26-20-18-16-14-12-10-8-6-4-2)46-71-59-58(69)56(67)54(65)50(75-59)47-72-60-57(68)55(66)53(64)49(44-61)74-60/h12,14,18,20,29,31,35,37,48-50,53-61,64-69H,3-11,13,15-17,19,21-28,30,32-34,36,38-47H2,1-2H3/b14-12+,20-18+,31-29+,37-35+/t48-,49+,50+,53-,54-,55?,56?,57?,58?,59+,60+/m0/s1. The Hall–Kier alpha value is -2.54. The van der Waals surface area contributed by atoms with E-state index in [1.54, 1.807) is 0 Å². The van der Waals surface area contributed by atoms with Gasteiger partial charge in [0, 0.05) is 12.8 Å². The molecule has 0 radical (unpaired) electrons. The summed E-state index contributed by atoms with van der Waals surface area (Å²) >= 11 is 0. The van der Waals surface area contributed by atoms with E-state index in [1.807, 2.05) is 12.2 Å². The fraction of sp³-hybridized carbons (Fsp3) is 0.833. The first-order valence-corrected chi connectivity index (χ1v) is 29.7. The largest absolute Gasteiger partial charge is 0.462 e. The van der Waals surface area contributed by atoms with E-state index in [9.17, 15) is 45.3 Å². The molecule has 2 heterocycles. The number of rotatable bonds is 47.